The number of hydrogen-bond donors (Lipinski definition) is 2. The number of benzene rings is 1. The van der Waals surface area contributed by atoms with Gasteiger partial charge in [-0.1, -0.05) is 35.0 Å². The Morgan fingerprint density at radius 2 is 2.10 bits per heavy atom. The quantitative estimate of drug-likeness (QED) is 0.860. The van der Waals surface area contributed by atoms with E-state index < -0.39 is 0 Å². The fraction of sp³-hybridized carbons (Fsp3) is 0.562. The highest BCUT2D eigenvalue weighted by molar-refractivity contribution is 9.10. The molecule has 2 N–H and O–H groups in total. The van der Waals surface area contributed by atoms with Gasteiger partial charge in [-0.3, -0.25) is 10.2 Å². The number of halogens is 1. The number of nitrogens with one attached hydrogen (secondary N) is 2. The normalized spacial score (nSPS) is 27.0. The number of carbonyl (C=O) groups excluding carboxylic acids is 1. The minimum absolute atomic E-state index is 0.0206. The maximum Gasteiger partial charge on any atom is 0.229 e. The highest BCUT2D eigenvalue weighted by Crippen LogP contribution is 2.29. The molecule has 5 heteroatoms. The third-order valence-electron chi connectivity index (χ3n) is 4.60. The standard InChI is InChI=1S/C16H22BrN3O/c1-11-5-7-20(8-6-11)16(21)14-10-18-19-15(14)12-3-2-4-13(17)9-12/h2-4,9,11,14-15,18-19H,5-8,10H2,1H3. The minimum atomic E-state index is -0.0206. The molecule has 2 aliphatic rings. The van der Waals surface area contributed by atoms with E-state index in [9.17, 15) is 4.79 Å². The van der Waals surface area contributed by atoms with Gasteiger partial charge in [-0.2, -0.15) is 0 Å². The van der Waals surface area contributed by atoms with Crippen molar-refractivity contribution < 1.29 is 4.79 Å². The summed E-state index contributed by atoms with van der Waals surface area (Å²) in [7, 11) is 0. The predicted molar refractivity (Wildman–Crippen MR) is 86.5 cm³/mol. The molecule has 2 saturated heterocycles. The Morgan fingerprint density at radius 1 is 1.33 bits per heavy atom. The first kappa shape index (κ1) is 15.0. The number of hydrogen-bond acceptors (Lipinski definition) is 3. The molecule has 0 bridgehead atoms. The lowest BCUT2D eigenvalue weighted by atomic mass is 9.92. The van der Waals surface area contributed by atoms with Gasteiger partial charge in [0.05, 0.1) is 12.0 Å². The summed E-state index contributed by atoms with van der Waals surface area (Å²) in [5.74, 6) is 1.01. The van der Waals surface area contributed by atoms with E-state index in [4.69, 9.17) is 0 Å². The van der Waals surface area contributed by atoms with Crippen molar-refractivity contribution in [2.75, 3.05) is 19.6 Å². The third kappa shape index (κ3) is 3.30. The second-order valence-electron chi connectivity index (χ2n) is 6.17. The van der Waals surface area contributed by atoms with Gasteiger partial charge in [0.2, 0.25) is 5.91 Å². The fourth-order valence-corrected chi connectivity index (χ4v) is 3.62. The summed E-state index contributed by atoms with van der Waals surface area (Å²) in [4.78, 5) is 14.9. The molecule has 2 heterocycles. The Kier molecular flexibility index (Phi) is 4.62. The number of piperidine rings is 1. The number of amides is 1. The predicted octanol–water partition coefficient (Wildman–Crippen LogP) is 2.47. The van der Waals surface area contributed by atoms with E-state index in [1.54, 1.807) is 0 Å². The van der Waals surface area contributed by atoms with Crippen LogP contribution in [0.5, 0.6) is 0 Å². The van der Waals surface area contributed by atoms with Gasteiger partial charge < -0.3 is 4.90 Å². The van der Waals surface area contributed by atoms with Crippen molar-refractivity contribution in [3.63, 3.8) is 0 Å². The van der Waals surface area contributed by atoms with Crippen LogP contribution in [0.25, 0.3) is 0 Å². The van der Waals surface area contributed by atoms with Gasteiger partial charge in [0.25, 0.3) is 0 Å². The Bertz CT molecular complexity index is 514. The molecule has 1 aromatic carbocycles. The number of likely N-dealkylation sites (tertiary alicyclic amines) is 1. The summed E-state index contributed by atoms with van der Waals surface area (Å²) in [6, 6.07) is 8.24. The van der Waals surface area contributed by atoms with Crippen molar-refractivity contribution >= 4 is 21.8 Å². The summed E-state index contributed by atoms with van der Waals surface area (Å²) in [5, 5.41) is 0. The van der Waals surface area contributed by atoms with E-state index >= 15 is 0 Å². The molecule has 4 nitrogen and oxygen atoms in total. The van der Waals surface area contributed by atoms with Crippen molar-refractivity contribution in [3.8, 4) is 0 Å². The molecular formula is C16H22BrN3O. The van der Waals surface area contributed by atoms with Crippen LogP contribution < -0.4 is 10.9 Å². The van der Waals surface area contributed by atoms with Gasteiger partial charge in [0.15, 0.2) is 0 Å². The van der Waals surface area contributed by atoms with Crippen LogP contribution in [0, 0.1) is 11.8 Å². The molecule has 114 valence electrons. The van der Waals surface area contributed by atoms with E-state index in [1.807, 2.05) is 17.0 Å². The van der Waals surface area contributed by atoms with E-state index in [-0.39, 0.29) is 17.9 Å². The molecule has 0 spiro atoms. The van der Waals surface area contributed by atoms with Gasteiger partial charge in [0, 0.05) is 24.1 Å². The minimum Gasteiger partial charge on any atom is -0.342 e. The van der Waals surface area contributed by atoms with Crippen LogP contribution in [-0.2, 0) is 4.79 Å². The zero-order valence-electron chi connectivity index (χ0n) is 12.3. The van der Waals surface area contributed by atoms with E-state index in [1.165, 1.54) is 0 Å². The summed E-state index contributed by atoms with van der Waals surface area (Å²) in [6.45, 7) is 4.77. The van der Waals surface area contributed by atoms with Gasteiger partial charge in [0.1, 0.15) is 0 Å². The van der Waals surface area contributed by atoms with Crippen molar-refractivity contribution in [1.82, 2.24) is 15.8 Å². The summed E-state index contributed by atoms with van der Waals surface area (Å²) in [5.41, 5.74) is 7.57. The van der Waals surface area contributed by atoms with Gasteiger partial charge in [-0.15, -0.1) is 0 Å². The molecule has 0 aliphatic carbocycles. The number of carbonyl (C=O) groups is 1. The van der Waals surface area contributed by atoms with Crippen LogP contribution in [0.1, 0.15) is 31.4 Å². The molecule has 1 amide bonds. The van der Waals surface area contributed by atoms with Crippen molar-refractivity contribution in [2.45, 2.75) is 25.8 Å². The highest BCUT2D eigenvalue weighted by Gasteiger charge is 2.37. The van der Waals surface area contributed by atoms with Crippen molar-refractivity contribution in [3.05, 3.63) is 34.3 Å². The molecule has 0 saturated carbocycles. The van der Waals surface area contributed by atoms with Crippen LogP contribution in [0.15, 0.2) is 28.7 Å². The molecule has 2 atom stereocenters. The number of nitrogens with zero attached hydrogens (tertiary/aromatic N) is 1. The topological polar surface area (TPSA) is 44.4 Å². The summed E-state index contributed by atoms with van der Waals surface area (Å²) in [6.07, 6.45) is 2.25. The average Bonchev–Trinajstić information content (AvgIpc) is 2.97. The van der Waals surface area contributed by atoms with Gasteiger partial charge in [-0.05, 0) is 36.5 Å². The molecule has 2 fully saturated rings. The van der Waals surface area contributed by atoms with E-state index in [0.717, 1.165) is 41.9 Å². The van der Waals surface area contributed by atoms with Crippen molar-refractivity contribution in [1.29, 1.82) is 0 Å². The molecule has 21 heavy (non-hydrogen) atoms. The number of hydrazine groups is 1. The summed E-state index contributed by atoms with van der Waals surface area (Å²) >= 11 is 3.51. The third-order valence-corrected chi connectivity index (χ3v) is 5.10. The van der Waals surface area contributed by atoms with Crippen LogP contribution in [0.4, 0.5) is 0 Å². The average molecular weight is 352 g/mol. The second kappa shape index (κ2) is 6.46. The zero-order chi connectivity index (χ0) is 14.8. The molecule has 0 radical (unpaired) electrons. The first-order chi connectivity index (χ1) is 10.1. The monoisotopic (exact) mass is 351 g/mol. The lowest BCUT2D eigenvalue weighted by molar-refractivity contribution is -0.136. The van der Waals surface area contributed by atoms with Gasteiger partial charge >= 0.3 is 0 Å². The largest absolute Gasteiger partial charge is 0.342 e. The van der Waals surface area contributed by atoms with Crippen LogP contribution >= 0.6 is 15.9 Å². The van der Waals surface area contributed by atoms with E-state index in [0.29, 0.717) is 6.54 Å². The van der Waals surface area contributed by atoms with Crippen LogP contribution in [0.2, 0.25) is 0 Å². The van der Waals surface area contributed by atoms with Crippen LogP contribution in [0.3, 0.4) is 0 Å². The SMILES string of the molecule is CC1CCN(C(=O)C2CNNC2c2cccc(Br)c2)CC1. The number of rotatable bonds is 2. The Labute approximate surface area is 134 Å². The molecule has 2 unspecified atom stereocenters. The zero-order valence-corrected chi connectivity index (χ0v) is 13.9. The van der Waals surface area contributed by atoms with E-state index in [2.05, 4.69) is 45.8 Å². The Hall–Kier alpha value is -0.910. The fourth-order valence-electron chi connectivity index (χ4n) is 3.21. The lowest BCUT2D eigenvalue weighted by Gasteiger charge is -2.33. The first-order valence-corrected chi connectivity index (χ1v) is 8.47. The summed E-state index contributed by atoms with van der Waals surface area (Å²) < 4.78 is 1.05. The first-order valence-electron chi connectivity index (χ1n) is 7.68. The molecule has 0 aromatic heterocycles. The smallest absolute Gasteiger partial charge is 0.229 e. The lowest BCUT2D eigenvalue weighted by Crippen LogP contribution is -2.43. The highest BCUT2D eigenvalue weighted by atomic mass is 79.9. The maximum absolute atomic E-state index is 12.8. The van der Waals surface area contributed by atoms with Crippen molar-refractivity contribution in [2.24, 2.45) is 11.8 Å². The molecule has 3 rings (SSSR count). The van der Waals surface area contributed by atoms with Gasteiger partial charge in [-0.25, -0.2) is 5.43 Å². The van der Waals surface area contributed by atoms with Crippen LogP contribution in [-0.4, -0.2) is 30.4 Å². The Morgan fingerprint density at radius 3 is 2.81 bits per heavy atom. The Balaban J connectivity index is 1.73. The molecule has 1 aromatic rings. The molecule has 2 aliphatic heterocycles. The second-order valence-corrected chi connectivity index (χ2v) is 7.09. The maximum atomic E-state index is 12.8. The molecular weight excluding hydrogens is 330 g/mol.